The smallest absolute Gasteiger partial charge is 0.256 e. The number of carbonyl (C=O) groups is 1. The molecule has 32 heavy (non-hydrogen) atoms. The summed E-state index contributed by atoms with van der Waals surface area (Å²) in [6.45, 7) is 6.72. The van der Waals surface area contributed by atoms with Gasteiger partial charge in [-0.05, 0) is 56.1 Å². The third-order valence-corrected chi connectivity index (χ3v) is 5.88. The lowest BCUT2D eigenvalue weighted by atomic mass is 9.81. The Labute approximate surface area is 189 Å². The van der Waals surface area contributed by atoms with Gasteiger partial charge >= 0.3 is 0 Å². The minimum Gasteiger partial charge on any atom is -0.385 e. The summed E-state index contributed by atoms with van der Waals surface area (Å²) in [4.78, 5) is 14.4. The number of amides is 1. The lowest BCUT2D eigenvalue weighted by Gasteiger charge is -2.51. The molecule has 8 heteroatoms. The van der Waals surface area contributed by atoms with Crippen molar-refractivity contribution in [1.82, 2.24) is 10.2 Å². The number of anilines is 2. The number of halogens is 3. The Kier molecular flexibility index (Phi) is 7.46. The number of nitrogens with one attached hydrogen (secondary N) is 2. The van der Waals surface area contributed by atoms with E-state index in [-0.39, 0.29) is 33.2 Å². The van der Waals surface area contributed by atoms with Crippen LogP contribution in [0.25, 0.3) is 0 Å². The van der Waals surface area contributed by atoms with Crippen molar-refractivity contribution in [2.45, 2.75) is 51.7 Å². The molecule has 2 saturated heterocycles. The van der Waals surface area contributed by atoms with Gasteiger partial charge in [-0.25, -0.2) is 13.2 Å². The van der Waals surface area contributed by atoms with Crippen LogP contribution in [0.3, 0.4) is 0 Å². The topological polar surface area (TPSA) is 64.6 Å². The van der Waals surface area contributed by atoms with Crippen molar-refractivity contribution in [2.24, 2.45) is 0 Å². The predicted octanol–water partition coefficient (Wildman–Crippen LogP) is 5.00. The minimum absolute atomic E-state index is 0. The van der Waals surface area contributed by atoms with E-state index in [2.05, 4.69) is 10.6 Å². The van der Waals surface area contributed by atoms with Gasteiger partial charge in [0, 0.05) is 8.90 Å². The molecule has 178 valence electrons. The van der Waals surface area contributed by atoms with Crippen LogP contribution in [-0.2, 0) is 0 Å². The van der Waals surface area contributed by atoms with Gasteiger partial charge in [-0.15, -0.1) is 0 Å². The van der Waals surface area contributed by atoms with E-state index in [4.69, 9.17) is 0 Å². The van der Waals surface area contributed by atoms with Crippen molar-refractivity contribution in [3.63, 3.8) is 0 Å². The maximum Gasteiger partial charge on any atom is 0.256 e. The maximum atomic E-state index is 14.6. The summed E-state index contributed by atoms with van der Waals surface area (Å²) in [5, 5.41) is 16.6. The summed E-state index contributed by atoms with van der Waals surface area (Å²) < 4.78 is 42.7. The Morgan fingerprint density at radius 1 is 1.16 bits per heavy atom. The van der Waals surface area contributed by atoms with Crippen LogP contribution in [0.2, 0.25) is 0 Å². The first kappa shape index (κ1) is 24.1. The highest BCUT2D eigenvalue weighted by Crippen LogP contribution is 2.34. The Balaban J connectivity index is 0.00000141. The fourth-order valence-corrected chi connectivity index (χ4v) is 4.17. The normalized spacial score (nSPS) is 19.5. The van der Waals surface area contributed by atoms with E-state index in [0.717, 1.165) is 31.9 Å². The zero-order valence-corrected chi connectivity index (χ0v) is 18.6. The lowest BCUT2D eigenvalue weighted by Crippen LogP contribution is -2.72. The van der Waals surface area contributed by atoms with Crippen molar-refractivity contribution in [1.29, 1.82) is 0 Å². The number of β-amino-alcohol motifs (C(OH)–C–C–N with tert-alkyl or cyclic N) is 1. The van der Waals surface area contributed by atoms with Crippen molar-refractivity contribution in [2.75, 3.05) is 25.0 Å². The molecular formula is C24H34F3N3O2. The van der Waals surface area contributed by atoms with Gasteiger partial charge in [0.15, 0.2) is 11.6 Å². The van der Waals surface area contributed by atoms with Crippen LogP contribution < -0.4 is 10.6 Å². The van der Waals surface area contributed by atoms with E-state index in [1.54, 1.807) is 13.0 Å². The molecule has 4 rings (SSSR count). The first-order valence-corrected chi connectivity index (χ1v) is 11.0. The summed E-state index contributed by atoms with van der Waals surface area (Å²) in [5.41, 5.74) is -0.969. The number of likely N-dealkylation sites (tertiary alicyclic amines) is 1. The molecule has 0 aromatic heterocycles. The largest absolute Gasteiger partial charge is 0.385 e. The molecule has 2 fully saturated rings. The lowest BCUT2D eigenvalue weighted by molar-refractivity contribution is -0.108. The molecule has 1 unspecified atom stereocenters. The number of piperidine rings is 1. The molecule has 2 aromatic carbocycles. The summed E-state index contributed by atoms with van der Waals surface area (Å²) in [7, 11) is 0. The zero-order chi connectivity index (χ0) is 23.5. The molecule has 2 aliphatic rings. The fourth-order valence-electron chi connectivity index (χ4n) is 4.17. The highest BCUT2D eigenvalue weighted by molar-refractivity contribution is 6.01. The Hall–Kier alpha value is -2.58. The van der Waals surface area contributed by atoms with Crippen LogP contribution in [0.5, 0.6) is 0 Å². The van der Waals surface area contributed by atoms with Crippen LogP contribution in [-0.4, -0.2) is 47.2 Å². The number of rotatable bonds is 4. The number of carbonyl (C=O) groups excluding carboxylic acids is 1. The van der Waals surface area contributed by atoms with Crippen molar-refractivity contribution < 1.29 is 25.9 Å². The highest BCUT2D eigenvalue weighted by Gasteiger charge is 2.49. The predicted molar refractivity (Wildman–Crippen MR) is 123 cm³/mol. The number of hydrogen-bond acceptors (Lipinski definition) is 4. The van der Waals surface area contributed by atoms with Crippen molar-refractivity contribution in [3.8, 4) is 0 Å². The average molecular weight is 454 g/mol. The van der Waals surface area contributed by atoms with E-state index in [9.17, 15) is 23.1 Å². The van der Waals surface area contributed by atoms with Crippen LogP contribution in [0, 0.1) is 24.4 Å². The molecule has 1 amide bonds. The molecule has 2 aromatic rings. The van der Waals surface area contributed by atoms with Crippen LogP contribution in [0.1, 0.15) is 51.9 Å². The van der Waals surface area contributed by atoms with E-state index >= 15 is 0 Å². The molecule has 0 spiro atoms. The van der Waals surface area contributed by atoms with E-state index in [1.807, 2.05) is 13.8 Å². The first-order chi connectivity index (χ1) is 15.3. The van der Waals surface area contributed by atoms with E-state index < -0.39 is 34.6 Å². The second kappa shape index (κ2) is 9.92. The summed E-state index contributed by atoms with van der Waals surface area (Å²) >= 11 is 0. The molecule has 2 aliphatic heterocycles. The van der Waals surface area contributed by atoms with E-state index in [1.165, 1.54) is 23.1 Å². The van der Waals surface area contributed by atoms with Gasteiger partial charge < -0.3 is 20.6 Å². The molecule has 5 nitrogen and oxygen atoms in total. The summed E-state index contributed by atoms with van der Waals surface area (Å²) in [6.07, 6.45) is 2.88. The molecule has 0 radical (unpaired) electrons. The summed E-state index contributed by atoms with van der Waals surface area (Å²) in [5.74, 6) is -3.60. The minimum atomic E-state index is -1.26. The van der Waals surface area contributed by atoms with Crippen LogP contribution in [0.4, 0.5) is 24.5 Å². The van der Waals surface area contributed by atoms with Gasteiger partial charge in [-0.3, -0.25) is 4.79 Å². The van der Waals surface area contributed by atoms with Gasteiger partial charge in [0.05, 0.1) is 30.0 Å². The highest BCUT2D eigenvalue weighted by atomic mass is 19.2. The van der Waals surface area contributed by atoms with Gasteiger partial charge in [0.2, 0.25) is 0 Å². The molecule has 3 N–H and O–H groups in total. The van der Waals surface area contributed by atoms with Crippen molar-refractivity contribution >= 4 is 17.3 Å². The number of benzene rings is 2. The standard InChI is InChI=1S/C22H24F3N3O2.C2H6.2H2/c1-13-5-8-17(16(24)10-13)27-20-14(6-7-15(23)19(20)25)21(29)28-11-22(30,12-28)18-4-2-3-9-26-18;1-2;;/h5-8,10,18,26-27,30H,2-4,9,11-12H2,1H3;1-2H3;2*1H. The summed E-state index contributed by atoms with van der Waals surface area (Å²) in [6, 6.07) is 6.23. The number of hydrogen-bond donors (Lipinski definition) is 3. The Morgan fingerprint density at radius 2 is 1.88 bits per heavy atom. The Bertz CT molecular complexity index is 982. The Morgan fingerprint density at radius 3 is 2.50 bits per heavy atom. The average Bonchev–Trinajstić information content (AvgIpc) is 2.78. The quantitative estimate of drug-likeness (QED) is 0.609. The van der Waals surface area contributed by atoms with Gasteiger partial charge in [-0.1, -0.05) is 26.3 Å². The maximum absolute atomic E-state index is 14.6. The van der Waals surface area contributed by atoms with Gasteiger partial charge in [0.1, 0.15) is 11.4 Å². The van der Waals surface area contributed by atoms with Gasteiger partial charge in [-0.2, -0.15) is 0 Å². The van der Waals surface area contributed by atoms with Crippen LogP contribution >= 0.6 is 0 Å². The molecule has 0 aliphatic carbocycles. The second-order valence-corrected chi connectivity index (χ2v) is 8.16. The molecule has 2 heterocycles. The first-order valence-electron chi connectivity index (χ1n) is 11.0. The number of aliphatic hydroxyl groups is 1. The van der Waals surface area contributed by atoms with Gasteiger partial charge in [0.25, 0.3) is 5.91 Å². The molecule has 1 atom stereocenters. The van der Waals surface area contributed by atoms with Crippen molar-refractivity contribution in [3.05, 3.63) is 58.9 Å². The monoisotopic (exact) mass is 453 g/mol. The second-order valence-electron chi connectivity index (χ2n) is 8.16. The molecule has 0 bridgehead atoms. The van der Waals surface area contributed by atoms with Crippen LogP contribution in [0.15, 0.2) is 30.3 Å². The van der Waals surface area contributed by atoms with E-state index in [0.29, 0.717) is 5.56 Å². The third kappa shape index (κ3) is 4.76. The number of nitrogens with zero attached hydrogens (tertiary/aromatic N) is 1. The number of aryl methyl sites for hydroxylation is 1. The third-order valence-electron chi connectivity index (χ3n) is 5.88. The molecule has 0 saturated carbocycles. The fraction of sp³-hybridized carbons (Fsp3) is 0.458. The SMILES string of the molecule is CC.Cc1ccc(Nc2c(C(=O)N3CC(O)(C4CCCCN4)C3)ccc(F)c2F)c(F)c1.[HH].[HH]. The molecular weight excluding hydrogens is 419 g/mol. The zero-order valence-electron chi connectivity index (χ0n) is 18.6.